The van der Waals surface area contributed by atoms with E-state index in [0.717, 1.165) is 21.2 Å². The Bertz CT molecular complexity index is 872. The molecule has 24 heavy (non-hydrogen) atoms. The number of hydrogen-bond acceptors (Lipinski definition) is 5. The van der Waals surface area contributed by atoms with Crippen LogP contribution in [0.25, 0.3) is 10.2 Å². The predicted molar refractivity (Wildman–Crippen MR) is 101 cm³/mol. The molecule has 0 N–H and O–H groups in total. The lowest BCUT2D eigenvalue weighted by Gasteiger charge is -2.21. The highest BCUT2D eigenvalue weighted by Gasteiger charge is 2.23. The van der Waals surface area contributed by atoms with Crippen LogP contribution in [0.15, 0.2) is 34.9 Å². The molecular weight excluding hydrogens is 390 g/mol. The highest BCUT2D eigenvalue weighted by molar-refractivity contribution is 9.10. The average Bonchev–Trinajstić information content (AvgIpc) is 3.12. The molecule has 3 rings (SSSR count). The molecule has 1 aromatic carbocycles. The van der Waals surface area contributed by atoms with Crippen molar-refractivity contribution in [2.75, 3.05) is 32.1 Å². The van der Waals surface area contributed by atoms with Gasteiger partial charge in [-0.2, -0.15) is 5.10 Å². The number of amides is 1. The van der Waals surface area contributed by atoms with Gasteiger partial charge in [0.15, 0.2) is 5.13 Å². The summed E-state index contributed by atoms with van der Waals surface area (Å²) in [7, 11) is 5.75. The molecule has 2 aromatic heterocycles. The van der Waals surface area contributed by atoms with Crippen LogP contribution in [0.3, 0.4) is 0 Å². The van der Waals surface area contributed by atoms with Crippen molar-refractivity contribution < 1.29 is 4.79 Å². The fourth-order valence-corrected chi connectivity index (χ4v) is 3.85. The Labute approximate surface area is 152 Å². The van der Waals surface area contributed by atoms with Crippen molar-refractivity contribution in [3.05, 3.63) is 40.6 Å². The highest BCUT2D eigenvalue weighted by atomic mass is 79.9. The third-order valence-corrected chi connectivity index (χ3v) is 5.16. The first-order chi connectivity index (χ1) is 11.5. The lowest BCUT2D eigenvalue weighted by molar-refractivity contribution is 0.0976. The number of likely N-dealkylation sites (N-methyl/N-ethyl adjacent to an activating group) is 1. The molecule has 0 radical (unpaired) electrons. The van der Waals surface area contributed by atoms with Gasteiger partial charge >= 0.3 is 0 Å². The van der Waals surface area contributed by atoms with E-state index in [0.29, 0.717) is 17.4 Å². The molecule has 0 saturated carbocycles. The van der Waals surface area contributed by atoms with Crippen molar-refractivity contribution in [3.63, 3.8) is 0 Å². The minimum absolute atomic E-state index is 0.0880. The van der Waals surface area contributed by atoms with E-state index in [-0.39, 0.29) is 5.91 Å². The van der Waals surface area contributed by atoms with Crippen molar-refractivity contribution >= 4 is 48.5 Å². The SMILES string of the molecule is CN(C)CCN(C(=O)c1ccnn1C)c1nc2ccc(Br)cc2s1. The molecule has 2 heterocycles. The lowest BCUT2D eigenvalue weighted by atomic mass is 10.3. The monoisotopic (exact) mass is 407 g/mol. The van der Waals surface area contributed by atoms with E-state index < -0.39 is 0 Å². The van der Waals surface area contributed by atoms with Gasteiger partial charge in [-0.3, -0.25) is 14.4 Å². The molecular formula is C16H18BrN5OS. The Hall–Kier alpha value is -1.77. The smallest absolute Gasteiger partial charge is 0.278 e. The standard InChI is InChI=1S/C16H18BrN5OS/c1-20(2)8-9-22(15(23)13-6-7-18-21(13)3)16-19-12-5-4-11(17)10-14(12)24-16/h4-7,10H,8-9H2,1-3H3. The number of thiazole rings is 1. The minimum atomic E-state index is -0.0880. The molecule has 0 spiro atoms. The molecule has 0 fully saturated rings. The van der Waals surface area contributed by atoms with E-state index in [1.807, 2.05) is 37.2 Å². The summed E-state index contributed by atoms with van der Waals surface area (Å²) in [6.07, 6.45) is 1.63. The van der Waals surface area contributed by atoms with Gasteiger partial charge in [-0.25, -0.2) is 4.98 Å². The maximum absolute atomic E-state index is 13.0. The van der Waals surface area contributed by atoms with Crippen molar-refractivity contribution in [2.24, 2.45) is 7.05 Å². The zero-order valence-corrected chi connectivity index (χ0v) is 16.1. The van der Waals surface area contributed by atoms with Crippen LogP contribution in [-0.2, 0) is 7.05 Å². The number of aromatic nitrogens is 3. The topological polar surface area (TPSA) is 54.3 Å². The molecule has 1 amide bonds. The van der Waals surface area contributed by atoms with Crippen LogP contribution >= 0.6 is 27.3 Å². The highest BCUT2D eigenvalue weighted by Crippen LogP contribution is 2.31. The van der Waals surface area contributed by atoms with Crippen LogP contribution in [0.1, 0.15) is 10.5 Å². The van der Waals surface area contributed by atoms with Crippen molar-refractivity contribution in [1.82, 2.24) is 19.7 Å². The maximum atomic E-state index is 13.0. The van der Waals surface area contributed by atoms with E-state index in [1.54, 1.807) is 28.9 Å². The Morgan fingerprint density at radius 3 is 2.75 bits per heavy atom. The summed E-state index contributed by atoms with van der Waals surface area (Å²) in [6.45, 7) is 1.32. The molecule has 0 bridgehead atoms. The molecule has 8 heteroatoms. The van der Waals surface area contributed by atoms with E-state index in [1.165, 1.54) is 11.3 Å². The molecule has 0 atom stereocenters. The molecule has 0 aliphatic carbocycles. The average molecular weight is 408 g/mol. The van der Waals surface area contributed by atoms with Crippen LogP contribution in [0.2, 0.25) is 0 Å². The molecule has 6 nitrogen and oxygen atoms in total. The Morgan fingerprint density at radius 1 is 1.29 bits per heavy atom. The number of carbonyl (C=O) groups is 1. The number of anilines is 1. The first-order valence-electron chi connectivity index (χ1n) is 7.46. The number of nitrogens with zero attached hydrogens (tertiary/aromatic N) is 5. The fraction of sp³-hybridized carbons (Fsp3) is 0.312. The number of carbonyl (C=O) groups excluding carboxylic acids is 1. The Balaban J connectivity index is 1.99. The Kier molecular flexibility index (Phi) is 4.98. The van der Waals surface area contributed by atoms with Crippen molar-refractivity contribution in [2.45, 2.75) is 0 Å². The summed E-state index contributed by atoms with van der Waals surface area (Å²) in [5.41, 5.74) is 1.44. The van der Waals surface area contributed by atoms with Crippen LogP contribution in [-0.4, -0.2) is 52.8 Å². The number of rotatable bonds is 5. The van der Waals surface area contributed by atoms with Crippen molar-refractivity contribution in [1.29, 1.82) is 0 Å². The number of fused-ring (bicyclic) bond motifs is 1. The van der Waals surface area contributed by atoms with Gasteiger partial charge in [0.1, 0.15) is 5.69 Å². The number of benzene rings is 1. The van der Waals surface area contributed by atoms with Gasteiger partial charge in [-0.15, -0.1) is 0 Å². The second-order valence-corrected chi connectivity index (χ2v) is 7.63. The number of halogens is 1. The number of hydrogen-bond donors (Lipinski definition) is 0. The fourth-order valence-electron chi connectivity index (χ4n) is 2.31. The van der Waals surface area contributed by atoms with E-state index in [9.17, 15) is 4.79 Å². The first-order valence-corrected chi connectivity index (χ1v) is 9.07. The van der Waals surface area contributed by atoms with Gasteiger partial charge in [-0.1, -0.05) is 27.3 Å². The van der Waals surface area contributed by atoms with E-state index in [2.05, 4.69) is 26.0 Å². The molecule has 0 saturated heterocycles. The molecule has 3 aromatic rings. The second-order valence-electron chi connectivity index (χ2n) is 5.71. The summed E-state index contributed by atoms with van der Waals surface area (Å²) >= 11 is 5.00. The first kappa shape index (κ1) is 17.1. The van der Waals surface area contributed by atoms with Crippen LogP contribution in [0, 0.1) is 0 Å². The van der Waals surface area contributed by atoms with Gasteiger partial charge in [0.2, 0.25) is 0 Å². The molecule has 0 aliphatic rings. The third-order valence-electron chi connectivity index (χ3n) is 3.63. The summed E-state index contributed by atoms with van der Waals surface area (Å²) in [5.74, 6) is -0.0880. The summed E-state index contributed by atoms with van der Waals surface area (Å²) in [6, 6.07) is 7.67. The molecule has 0 unspecified atom stereocenters. The van der Waals surface area contributed by atoms with E-state index >= 15 is 0 Å². The lowest BCUT2D eigenvalue weighted by Crippen LogP contribution is -2.37. The minimum Gasteiger partial charge on any atom is -0.308 e. The van der Waals surface area contributed by atoms with E-state index in [4.69, 9.17) is 0 Å². The zero-order valence-electron chi connectivity index (χ0n) is 13.7. The second kappa shape index (κ2) is 7.00. The normalized spacial score (nSPS) is 11.4. The van der Waals surface area contributed by atoms with Crippen LogP contribution in [0.4, 0.5) is 5.13 Å². The largest absolute Gasteiger partial charge is 0.308 e. The predicted octanol–water partition coefficient (Wildman–Crippen LogP) is 3.00. The third kappa shape index (κ3) is 3.50. The number of aryl methyl sites for hydroxylation is 1. The summed E-state index contributed by atoms with van der Waals surface area (Å²) in [5, 5.41) is 4.80. The van der Waals surface area contributed by atoms with Gasteiger partial charge in [0.25, 0.3) is 5.91 Å². The summed E-state index contributed by atoms with van der Waals surface area (Å²) in [4.78, 5) is 21.4. The van der Waals surface area contributed by atoms with Crippen molar-refractivity contribution in [3.8, 4) is 0 Å². The van der Waals surface area contributed by atoms with Gasteiger partial charge in [0.05, 0.1) is 10.2 Å². The summed E-state index contributed by atoms with van der Waals surface area (Å²) < 4.78 is 3.64. The quantitative estimate of drug-likeness (QED) is 0.652. The molecule has 126 valence electrons. The van der Waals surface area contributed by atoms with Gasteiger partial charge in [-0.05, 0) is 38.4 Å². The van der Waals surface area contributed by atoms with Gasteiger partial charge in [0, 0.05) is 30.8 Å². The van der Waals surface area contributed by atoms with Crippen LogP contribution < -0.4 is 4.90 Å². The zero-order chi connectivity index (χ0) is 17.3. The molecule has 0 aliphatic heterocycles. The van der Waals surface area contributed by atoms with Crippen LogP contribution in [0.5, 0.6) is 0 Å². The van der Waals surface area contributed by atoms with Gasteiger partial charge < -0.3 is 4.90 Å². The Morgan fingerprint density at radius 2 is 2.08 bits per heavy atom. The maximum Gasteiger partial charge on any atom is 0.278 e.